The zero-order valence-corrected chi connectivity index (χ0v) is 13.3. The molecule has 0 saturated heterocycles. The second kappa shape index (κ2) is 13.9. The summed E-state index contributed by atoms with van der Waals surface area (Å²) in [6, 6.07) is 6.24. The van der Waals surface area contributed by atoms with Crippen molar-refractivity contribution in [3.05, 3.63) is 23.8 Å². The molecule has 1 N–H and O–H groups in total. The van der Waals surface area contributed by atoms with Crippen LogP contribution in [0.1, 0.15) is 53.5 Å². The molecule has 106 valence electrons. The average Bonchev–Trinajstić information content (AvgIpc) is 2.44. The summed E-state index contributed by atoms with van der Waals surface area (Å²) >= 11 is 0. The van der Waals surface area contributed by atoms with E-state index in [2.05, 4.69) is 44.3 Å². The van der Waals surface area contributed by atoms with Gasteiger partial charge in [0.2, 0.25) is 0 Å². The van der Waals surface area contributed by atoms with Gasteiger partial charge in [0.15, 0.2) is 0 Å². The quantitative estimate of drug-likeness (QED) is 0.772. The van der Waals surface area contributed by atoms with Crippen molar-refractivity contribution in [3.63, 3.8) is 0 Å². The number of ether oxygens (including phenoxy) is 1. The molecule has 0 aromatic heterocycles. The number of anilines is 1. The normalized spacial score (nSPS) is 8.39. The van der Waals surface area contributed by atoms with Crippen LogP contribution in [0.25, 0.3) is 0 Å². The summed E-state index contributed by atoms with van der Waals surface area (Å²) in [5, 5.41) is 3.29. The molecule has 2 nitrogen and oxygen atoms in total. The lowest BCUT2D eigenvalue weighted by Gasteiger charge is -2.12. The van der Waals surface area contributed by atoms with Crippen molar-refractivity contribution in [1.29, 1.82) is 0 Å². The maximum absolute atomic E-state index is 5.66. The Morgan fingerprint density at radius 2 is 1.67 bits per heavy atom. The third-order valence-electron chi connectivity index (χ3n) is 1.97. The second-order valence-electron chi connectivity index (χ2n) is 3.38. The van der Waals surface area contributed by atoms with E-state index in [-0.39, 0.29) is 0 Å². The van der Waals surface area contributed by atoms with Crippen LogP contribution in [0.3, 0.4) is 0 Å². The molecule has 0 radical (unpaired) electrons. The van der Waals surface area contributed by atoms with E-state index in [1.807, 2.05) is 27.7 Å². The third-order valence-corrected chi connectivity index (χ3v) is 1.97. The lowest BCUT2D eigenvalue weighted by atomic mass is 10.2. The fourth-order valence-corrected chi connectivity index (χ4v) is 1.30. The highest BCUT2D eigenvalue weighted by molar-refractivity contribution is 5.57. The van der Waals surface area contributed by atoms with Crippen LogP contribution in [0.2, 0.25) is 0 Å². The van der Waals surface area contributed by atoms with Crippen molar-refractivity contribution >= 4 is 5.69 Å². The molecule has 1 aromatic carbocycles. The highest BCUT2D eigenvalue weighted by Gasteiger charge is 2.01. The lowest BCUT2D eigenvalue weighted by Crippen LogP contribution is -2.02. The average molecular weight is 253 g/mol. The summed E-state index contributed by atoms with van der Waals surface area (Å²) in [4.78, 5) is 0. The number of rotatable bonds is 5. The van der Waals surface area contributed by atoms with Gasteiger partial charge in [-0.1, -0.05) is 40.7 Å². The number of hydrogen-bond acceptors (Lipinski definition) is 2. The first-order chi connectivity index (χ1) is 8.77. The minimum Gasteiger partial charge on any atom is -0.491 e. The van der Waals surface area contributed by atoms with Crippen molar-refractivity contribution in [2.45, 2.75) is 54.9 Å². The van der Waals surface area contributed by atoms with Gasteiger partial charge in [-0.3, -0.25) is 0 Å². The van der Waals surface area contributed by atoms with E-state index in [1.54, 1.807) is 0 Å². The first kappa shape index (κ1) is 19.2. The van der Waals surface area contributed by atoms with Gasteiger partial charge >= 0.3 is 0 Å². The Bertz CT molecular complexity index is 284. The van der Waals surface area contributed by atoms with E-state index in [0.29, 0.717) is 0 Å². The van der Waals surface area contributed by atoms with Crippen LogP contribution in [-0.4, -0.2) is 13.2 Å². The minimum absolute atomic E-state index is 0.780. The van der Waals surface area contributed by atoms with Gasteiger partial charge in [-0.05, 0) is 38.0 Å². The van der Waals surface area contributed by atoms with E-state index in [4.69, 9.17) is 4.74 Å². The first-order valence-corrected chi connectivity index (χ1v) is 7.25. The molecule has 0 saturated carbocycles. The predicted molar refractivity (Wildman–Crippen MR) is 83.8 cm³/mol. The maximum atomic E-state index is 5.66. The SMILES string of the molecule is CC.CC.CCCOc1cc(C)ccc1NCC. The number of hydrogen-bond donors (Lipinski definition) is 1. The summed E-state index contributed by atoms with van der Waals surface area (Å²) < 4.78 is 5.66. The molecule has 0 atom stereocenters. The Kier molecular flexibility index (Phi) is 14.8. The van der Waals surface area contributed by atoms with Crippen LogP contribution in [0, 0.1) is 6.92 Å². The number of benzene rings is 1. The molecule has 0 bridgehead atoms. The van der Waals surface area contributed by atoms with Crippen LogP contribution >= 0.6 is 0 Å². The van der Waals surface area contributed by atoms with Gasteiger partial charge in [-0.25, -0.2) is 0 Å². The first-order valence-electron chi connectivity index (χ1n) is 7.25. The van der Waals surface area contributed by atoms with E-state index < -0.39 is 0 Å². The molecule has 0 aliphatic heterocycles. The highest BCUT2D eigenvalue weighted by Crippen LogP contribution is 2.25. The molecule has 0 aliphatic rings. The smallest absolute Gasteiger partial charge is 0.142 e. The van der Waals surface area contributed by atoms with Gasteiger partial charge in [-0.15, -0.1) is 0 Å². The maximum Gasteiger partial charge on any atom is 0.142 e. The Labute approximate surface area is 114 Å². The molecule has 0 amide bonds. The topological polar surface area (TPSA) is 21.3 Å². The van der Waals surface area contributed by atoms with Gasteiger partial charge < -0.3 is 10.1 Å². The summed E-state index contributed by atoms with van der Waals surface area (Å²) in [5.74, 6) is 0.966. The van der Waals surface area contributed by atoms with Gasteiger partial charge in [0.25, 0.3) is 0 Å². The van der Waals surface area contributed by atoms with Gasteiger partial charge in [-0.2, -0.15) is 0 Å². The minimum atomic E-state index is 0.780. The molecule has 0 heterocycles. The van der Waals surface area contributed by atoms with Gasteiger partial charge in [0.05, 0.1) is 12.3 Å². The Hall–Kier alpha value is -1.18. The molecule has 0 aliphatic carbocycles. The van der Waals surface area contributed by atoms with Crippen molar-refractivity contribution in [1.82, 2.24) is 0 Å². The molecular weight excluding hydrogens is 222 g/mol. The lowest BCUT2D eigenvalue weighted by molar-refractivity contribution is 0.318. The van der Waals surface area contributed by atoms with E-state index >= 15 is 0 Å². The molecular formula is C16H31NO. The van der Waals surface area contributed by atoms with Crippen molar-refractivity contribution in [2.75, 3.05) is 18.5 Å². The summed E-state index contributed by atoms with van der Waals surface area (Å²) in [6.45, 7) is 16.0. The molecule has 1 aromatic rings. The van der Waals surface area contributed by atoms with Crippen molar-refractivity contribution in [2.24, 2.45) is 0 Å². The van der Waals surface area contributed by atoms with Crippen molar-refractivity contribution < 1.29 is 4.74 Å². The van der Waals surface area contributed by atoms with Crippen LogP contribution < -0.4 is 10.1 Å². The predicted octanol–water partition coefficient (Wildman–Crippen LogP) is 5.27. The van der Waals surface area contributed by atoms with Crippen LogP contribution in [0.5, 0.6) is 5.75 Å². The molecule has 2 heteroatoms. The highest BCUT2D eigenvalue weighted by atomic mass is 16.5. The molecule has 0 fully saturated rings. The largest absolute Gasteiger partial charge is 0.491 e. The molecule has 0 unspecified atom stereocenters. The summed E-state index contributed by atoms with van der Waals surface area (Å²) in [6.07, 6.45) is 1.04. The summed E-state index contributed by atoms with van der Waals surface area (Å²) in [7, 11) is 0. The zero-order valence-electron chi connectivity index (χ0n) is 13.3. The fraction of sp³-hybridized carbons (Fsp3) is 0.625. The van der Waals surface area contributed by atoms with E-state index in [9.17, 15) is 0 Å². The Morgan fingerprint density at radius 3 is 2.17 bits per heavy atom. The third kappa shape index (κ3) is 7.99. The van der Waals surface area contributed by atoms with Crippen LogP contribution in [0.4, 0.5) is 5.69 Å². The van der Waals surface area contributed by atoms with Gasteiger partial charge in [0.1, 0.15) is 5.75 Å². The summed E-state index contributed by atoms with van der Waals surface area (Å²) in [5.41, 5.74) is 2.32. The molecule has 18 heavy (non-hydrogen) atoms. The molecule has 0 spiro atoms. The monoisotopic (exact) mass is 253 g/mol. The van der Waals surface area contributed by atoms with Crippen LogP contribution in [-0.2, 0) is 0 Å². The Morgan fingerprint density at radius 1 is 1.06 bits per heavy atom. The Balaban J connectivity index is 0. The molecule has 1 rings (SSSR count). The van der Waals surface area contributed by atoms with Crippen molar-refractivity contribution in [3.8, 4) is 5.75 Å². The second-order valence-corrected chi connectivity index (χ2v) is 3.38. The standard InChI is InChI=1S/C12H19NO.2C2H6/c1-4-8-14-12-9-10(3)6-7-11(12)13-5-2;2*1-2/h6-7,9,13H,4-5,8H2,1-3H3;2*1-2H3. The fourth-order valence-electron chi connectivity index (χ4n) is 1.30. The number of nitrogens with one attached hydrogen (secondary N) is 1. The number of aryl methyl sites for hydroxylation is 1. The zero-order chi connectivity index (χ0) is 14.4. The van der Waals surface area contributed by atoms with Crippen LogP contribution in [0.15, 0.2) is 18.2 Å². The van der Waals surface area contributed by atoms with E-state index in [1.165, 1.54) is 5.56 Å². The van der Waals surface area contributed by atoms with E-state index in [0.717, 1.165) is 31.0 Å². The van der Waals surface area contributed by atoms with Gasteiger partial charge in [0, 0.05) is 6.54 Å².